The Kier molecular flexibility index (Phi) is 3.95. The van der Waals surface area contributed by atoms with Crippen LogP contribution in [0.5, 0.6) is 0 Å². The Morgan fingerprint density at radius 2 is 1.24 bits per heavy atom. The van der Waals surface area contributed by atoms with E-state index in [1.54, 1.807) is 6.07 Å². The summed E-state index contributed by atoms with van der Waals surface area (Å²) in [5.74, 6) is 0. The van der Waals surface area contributed by atoms with E-state index in [2.05, 4.69) is 0 Å². The highest BCUT2D eigenvalue weighted by atomic mass is 35.5. The second-order valence-corrected chi connectivity index (χ2v) is 5.04. The highest BCUT2D eigenvalue weighted by Gasteiger charge is 2.10. The number of hydrogen-bond acceptors (Lipinski definition) is 1. The zero-order valence-corrected chi connectivity index (χ0v) is 11.1. The first-order valence-electron chi connectivity index (χ1n) is 5.03. The van der Waals surface area contributed by atoms with Crippen molar-refractivity contribution in [2.45, 2.75) is 6.04 Å². The number of halogens is 3. The van der Waals surface area contributed by atoms with Gasteiger partial charge in [-0.05, 0) is 41.5 Å². The Labute approximate surface area is 115 Å². The van der Waals surface area contributed by atoms with Gasteiger partial charge in [-0.15, -0.1) is 0 Å². The lowest BCUT2D eigenvalue weighted by Crippen LogP contribution is -2.11. The average molecular weight is 287 g/mol. The number of hydrogen-bond donors (Lipinski definition) is 1. The molecule has 1 nitrogen and oxygen atoms in total. The first-order valence-corrected chi connectivity index (χ1v) is 6.16. The van der Waals surface area contributed by atoms with Crippen LogP contribution in [-0.4, -0.2) is 0 Å². The van der Waals surface area contributed by atoms with E-state index < -0.39 is 0 Å². The molecule has 0 aliphatic heterocycles. The third kappa shape index (κ3) is 3.14. The lowest BCUT2D eigenvalue weighted by Gasteiger charge is -2.13. The average Bonchev–Trinajstić information content (AvgIpc) is 2.28. The summed E-state index contributed by atoms with van der Waals surface area (Å²) in [5, 5.41) is 1.85. The second kappa shape index (κ2) is 5.28. The van der Waals surface area contributed by atoms with Crippen molar-refractivity contribution in [1.29, 1.82) is 0 Å². The second-order valence-electron chi connectivity index (χ2n) is 3.73. The molecule has 2 N–H and O–H groups in total. The van der Waals surface area contributed by atoms with Gasteiger partial charge < -0.3 is 5.73 Å². The van der Waals surface area contributed by atoms with Gasteiger partial charge in [-0.25, -0.2) is 0 Å². The lowest BCUT2D eigenvalue weighted by molar-refractivity contribution is 0.872. The van der Waals surface area contributed by atoms with Crippen molar-refractivity contribution in [1.82, 2.24) is 0 Å². The molecule has 2 aromatic rings. The first-order chi connectivity index (χ1) is 8.06. The molecule has 0 aliphatic rings. The molecule has 0 fully saturated rings. The molecule has 1 unspecified atom stereocenters. The quantitative estimate of drug-likeness (QED) is 0.851. The fraction of sp³-hybridized carbons (Fsp3) is 0.0769. The number of nitrogens with two attached hydrogens (primary N) is 1. The third-order valence-corrected chi connectivity index (χ3v) is 3.16. The number of rotatable bonds is 2. The predicted molar refractivity (Wildman–Crippen MR) is 73.9 cm³/mol. The van der Waals surface area contributed by atoms with E-state index in [9.17, 15) is 0 Å². The molecule has 0 saturated carbocycles. The molecule has 0 bridgehead atoms. The molecular weight excluding hydrogens is 277 g/mol. The molecule has 0 aliphatic carbocycles. The molecule has 2 aromatic carbocycles. The minimum atomic E-state index is -0.261. The van der Waals surface area contributed by atoms with Gasteiger partial charge in [0.2, 0.25) is 0 Å². The first kappa shape index (κ1) is 12.7. The summed E-state index contributed by atoms with van der Waals surface area (Å²) < 4.78 is 0. The summed E-state index contributed by atoms with van der Waals surface area (Å²) in [5.41, 5.74) is 7.99. The smallest absolute Gasteiger partial charge is 0.0552 e. The van der Waals surface area contributed by atoms with Gasteiger partial charge in [0.1, 0.15) is 0 Å². The summed E-state index contributed by atoms with van der Waals surface area (Å²) in [7, 11) is 0. The van der Waals surface area contributed by atoms with E-state index in [1.807, 2.05) is 36.4 Å². The van der Waals surface area contributed by atoms with Crippen LogP contribution in [0.4, 0.5) is 0 Å². The van der Waals surface area contributed by atoms with E-state index in [1.165, 1.54) is 0 Å². The van der Waals surface area contributed by atoms with Gasteiger partial charge in [0.25, 0.3) is 0 Å². The van der Waals surface area contributed by atoms with Crippen molar-refractivity contribution in [3.63, 3.8) is 0 Å². The van der Waals surface area contributed by atoms with Gasteiger partial charge in [0.15, 0.2) is 0 Å². The molecule has 88 valence electrons. The van der Waals surface area contributed by atoms with Gasteiger partial charge in [-0.1, -0.05) is 46.9 Å². The van der Waals surface area contributed by atoms with Gasteiger partial charge in [-0.2, -0.15) is 0 Å². The molecule has 2 rings (SSSR count). The molecule has 17 heavy (non-hydrogen) atoms. The molecule has 1 atom stereocenters. The van der Waals surface area contributed by atoms with Gasteiger partial charge in [0.05, 0.1) is 6.04 Å². The maximum absolute atomic E-state index is 6.14. The highest BCUT2D eigenvalue weighted by Crippen LogP contribution is 2.26. The van der Waals surface area contributed by atoms with Crippen LogP contribution in [0.25, 0.3) is 0 Å². The summed E-state index contributed by atoms with van der Waals surface area (Å²) in [6.45, 7) is 0. The Bertz CT molecular complexity index is 502. The lowest BCUT2D eigenvalue weighted by atomic mass is 10.00. The van der Waals surface area contributed by atoms with Crippen LogP contribution < -0.4 is 5.73 Å². The fourth-order valence-electron chi connectivity index (χ4n) is 1.62. The molecule has 0 radical (unpaired) electrons. The van der Waals surface area contributed by atoms with Gasteiger partial charge in [0, 0.05) is 15.1 Å². The summed E-state index contributed by atoms with van der Waals surface area (Å²) in [6.07, 6.45) is 0. The summed E-state index contributed by atoms with van der Waals surface area (Å²) >= 11 is 17.7. The molecular formula is C13H10Cl3N. The van der Waals surface area contributed by atoms with Crippen molar-refractivity contribution >= 4 is 34.8 Å². The van der Waals surface area contributed by atoms with E-state index in [4.69, 9.17) is 40.5 Å². The Hall–Kier alpha value is -0.730. The Morgan fingerprint density at radius 3 is 1.76 bits per heavy atom. The molecule has 0 aromatic heterocycles. The van der Waals surface area contributed by atoms with Crippen molar-refractivity contribution in [3.8, 4) is 0 Å². The molecule has 0 saturated heterocycles. The van der Waals surface area contributed by atoms with Crippen molar-refractivity contribution in [3.05, 3.63) is 68.7 Å². The monoisotopic (exact) mass is 285 g/mol. The third-order valence-electron chi connectivity index (χ3n) is 2.47. The fourth-order valence-corrected chi connectivity index (χ4v) is 2.29. The van der Waals surface area contributed by atoms with Crippen molar-refractivity contribution < 1.29 is 0 Å². The van der Waals surface area contributed by atoms with E-state index >= 15 is 0 Å². The van der Waals surface area contributed by atoms with Crippen LogP contribution in [0.15, 0.2) is 42.5 Å². The minimum Gasteiger partial charge on any atom is -0.320 e. The molecule has 0 heterocycles. The maximum Gasteiger partial charge on any atom is 0.0552 e. The van der Waals surface area contributed by atoms with E-state index in [0.717, 1.165) is 11.1 Å². The van der Waals surface area contributed by atoms with Crippen LogP contribution in [0.1, 0.15) is 17.2 Å². The Morgan fingerprint density at radius 1 is 0.706 bits per heavy atom. The molecule has 0 spiro atoms. The zero-order chi connectivity index (χ0) is 12.4. The summed E-state index contributed by atoms with van der Waals surface area (Å²) in [4.78, 5) is 0. The van der Waals surface area contributed by atoms with Gasteiger partial charge in [-0.3, -0.25) is 0 Å². The number of benzene rings is 2. The highest BCUT2D eigenvalue weighted by molar-refractivity contribution is 6.34. The Balaban J connectivity index is 2.36. The summed E-state index contributed by atoms with van der Waals surface area (Å²) in [6, 6.07) is 12.4. The molecule has 0 amide bonds. The maximum atomic E-state index is 6.14. The normalized spacial score (nSPS) is 12.5. The topological polar surface area (TPSA) is 26.0 Å². The standard InChI is InChI=1S/C13H10Cl3N/c14-10-3-1-8(2-4-10)13(17)9-5-11(15)7-12(16)6-9/h1-7,13H,17H2. The van der Waals surface area contributed by atoms with Crippen LogP contribution in [0, 0.1) is 0 Å². The predicted octanol–water partition coefficient (Wildman–Crippen LogP) is 4.69. The zero-order valence-electron chi connectivity index (χ0n) is 8.83. The van der Waals surface area contributed by atoms with E-state index in [-0.39, 0.29) is 6.04 Å². The van der Waals surface area contributed by atoms with Crippen molar-refractivity contribution in [2.24, 2.45) is 5.73 Å². The van der Waals surface area contributed by atoms with E-state index in [0.29, 0.717) is 15.1 Å². The van der Waals surface area contributed by atoms with Crippen molar-refractivity contribution in [2.75, 3.05) is 0 Å². The largest absolute Gasteiger partial charge is 0.320 e. The van der Waals surface area contributed by atoms with Crippen LogP contribution in [0.2, 0.25) is 15.1 Å². The van der Waals surface area contributed by atoms with Gasteiger partial charge >= 0.3 is 0 Å². The minimum absolute atomic E-state index is 0.261. The SMILES string of the molecule is NC(c1ccc(Cl)cc1)c1cc(Cl)cc(Cl)c1. The van der Waals surface area contributed by atoms with Crippen LogP contribution in [-0.2, 0) is 0 Å². The van der Waals surface area contributed by atoms with Crippen LogP contribution >= 0.6 is 34.8 Å². The molecule has 4 heteroatoms. The van der Waals surface area contributed by atoms with Crippen LogP contribution in [0.3, 0.4) is 0 Å².